The van der Waals surface area contributed by atoms with E-state index in [0.717, 1.165) is 0 Å². The first-order valence-corrected chi connectivity index (χ1v) is 4.83. The Labute approximate surface area is 101 Å². The van der Waals surface area contributed by atoms with Gasteiger partial charge in [-0.25, -0.2) is 9.59 Å². The third-order valence-corrected chi connectivity index (χ3v) is 2.23. The Hall–Kier alpha value is -3.05. The van der Waals surface area contributed by atoms with Crippen LogP contribution in [0.1, 0.15) is 15.9 Å². The minimum absolute atomic E-state index is 0.271. The molecule has 0 fully saturated rings. The Morgan fingerprint density at radius 1 is 1.33 bits per heavy atom. The van der Waals surface area contributed by atoms with E-state index in [9.17, 15) is 9.59 Å². The third-order valence-electron chi connectivity index (χ3n) is 2.23. The lowest BCUT2D eigenvalue weighted by Gasteiger charge is -1.98. The summed E-state index contributed by atoms with van der Waals surface area (Å²) in [6.07, 6.45) is 0. The fraction of sp³-hybridized carbons (Fsp3) is 0. The monoisotopic (exact) mass is 239 g/mol. The second-order valence-electron chi connectivity index (χ2n) is 3.37. The van der Waals surface area contributed by atoms with E-state index in [2.05, 4.69) is 11.8 Å². The lowest BCUT2D eigenvalue weighted by atomic mass is 10.1. The zero-order valence-corrected chi connectivity index (χ0v) is 8.93. The maximum atomic E-state index is 11.3. The smallest absolute Gasteiger partial charge is 0.351 e. The van der Waals surface area contributed by atoms with Gasteiger partial charge in [-0.1, -0.05) is 5.92 Å². The first kappa shape index (κ1) is 11.4. The maximum Gasteiger partial charge on any atom is 0.351 e. The molecule has 0 saturated heterocycles. The molecule has 1 heterocycles. The topological polar surface area (TPSA) is 91.3 Å². The van der Waals surface area contributed by atoms with Crippen LogP contribution in [0.4, 0.5) is 0 Å². The van der Waals surface area contributed by atoms with Crippen LogP contribution in [0.15, 0.2) is 33.5 Å². The molecule has 0 atom stereocenters. The molecule has 5 nitrogen and oxygen atoms in total. The van der Waals surface area contributed by atoms with Gasteiger partial charge >= 0.3 is 11.6 Å². The Balaban J connectivity index is 2.70. The zero-order valence-electron chi connectivity index (χ0n) is 8.93. The SMILES string of the molecule is N#CC#Cc1ccc2oc(=O)c(C(=O)O)cc2c1. The number of rotatable bonds is 1. The highest BCUT2D eigenvalue weighted by atomic mass is 16.4. The molecule has 2 aromatic rings. The van der Waals surface area contributed by atoms with Gasteiger partial charge in [-0.3, -0.25) is 0 Å². The standard InChI is InChI=1S/C13H5NO4/c14-5-1-2-8-3-4-11-9(6-8)7-10(12(15)16)13(17)18-11/h3-4,6-7H,(H,15,16). The van der Waals surface area contributed by atoms with Gasteiger partial charge in [0.05, 0.1) is 0 Å². The van der Waals surface area contributed by atoms with E-state index in [1.54, 1.807) is 18.2 Å². The number of carbonyl (C=O) groups is 1. The average molecular weight is 239 g/mol. The van der Waals surface area contributed by atoms with Crippen molar-refractivity contribution in [2.24, 2.45) is 0 Å². The molecule has 0 aliphatic carbocycles. The number of aromatic carboxylic acids is 1. The molecular weight excluding hydrogens is 234 g/mol. The van der Waals surface area contributed by atoms with Gasteiger partial charge in [0.15, 0.2) is 6.07 Å². The Bertz CT molecular complexity index is 800. The van der Waals surface area contributed by atoms with E-state index in [1.807, 2.05) is 0 Å². The molecule has 0 unspecified atom stereocenters. The number of carboxylic acids is 1. The predicted molar refractivity (Wildman–Crippen MR) is 61.9 cm³/mol. The quantitative estimate of drug-likeness (QED) is 0.599. The van der Waals surface area contributed by atoms with E-state index in [0.29, 0.717) is 10.9 Å². The van der Waals surface area contributed by atoms with Gasteiger partial charge < -0.3 is 9.52 Å². The van der Waals surface area contributed by atoms with Gasteiger partial charge in [0.1, 0.15) is 11.1 Å². The summed E-state index contributed by atoms with van der Waals surface area (Å²) < 4.78 is 4.86. The minimum Gasteiger partial charge on any atom is -0.477 e. The molecule has 0 bridgehead atoms. The van der Waals surface area contributed by atoms with Crippen molar-refractivity contribution in [1.29, 1.82) is 5.26 Å². The van der Waals surface area contributed by atoms with Crippen molar-refractivity contribution in [3.05, 3.63) is 45.8 Å². The van der Waals surface area contributed by atoms with Crippen LogP contribution in [-0.4, -0.2) is 11.1 Å². The van der Waals surface area contributed by atoms with Crippen LogP contribution in [0.3, 0.4) is 0 Å². The van der Waals surface area contributed by atoms with Crippen molar-refractivity contribution in [2.45, 2.75) is 0 Å². The first-order valence-electron chi connectivity index (χ1n) is 4.83. The molecule has 18 heavy (non-hydrogen) atoms. The van der Waals surface area contributed by atoms with Crippen molar-refractivity contribution < 1.29 is 14.3 Å². The summed E-state index contributed by atoms with van der Waals surface area (Å²) >= 11 is 0. The molecule has 5 heteroatoms. The Morgan fingerprint density at radius 3 is 2.78 bits per heavy atom. The molecule has 0 radical (unpaired) electrons. The summed E-state index contributed by atoms with van der Waals surface area (Å²) in [6.45, 7) is 0. The second-order valence-corrected chi connectivity index (χ2v) is 3.37. The molecule has 0 aliphatic heterocycles. The zero-order chi connectivity index (χ0) is 13.1. The summed E-state index contributed by atoms with van der Waals surface area (Å²) in [5.41, 5.74) is -0.527. The molecule has 0 spiro atoms. The molecule has 1 N–H and O–H groups in total. The number of nitriles is 1. The van der Waals surface area contributed by atoms with Crippen molar-refractivity contribution >= 4 is 16.9 Å². The van der Waals surface area contributed by atoms with E-state index in [-0.39, 0.29) is 5.58 Å². The number of hydrogen-bond donors (Lipinski definition) is 1. The van der Waals surface area contributed by atoms with E-state index in [4.69, 9.17) is 14.8 Å². The number of hydrogen-bond acceptors (Lipinski definition) is 4. The molecule has 2 rings (SSSR count). The van der Waals surface area contributed by atoms with Crippen molar-refractivity contribution in [3.63, 3.8) is 0 Å². The first-order chi connectivity index (χ1) is 8.61. The Kier molecular flexibility index (Phi) is 2.82. The van der Waals surface area contributed by atoms with Crippen LogP contribution < -0.4 is 5.63 Å². The predicted octanol–water partition coefficient (Wildman–Crippen LogP) is 1.37. The van der Waals surface area contributed by atoms with Crippen LogP contribution in [0.25, 0.3) is 11.0 Å². The summed E-state index contributed by atoms with van der Waals surface area (Å²) in [4.78, 5) is 22.1. The lowest BCUT2D eigenvalue weighted by Crippen LogP contribution is -2.12. The summed E-state index contributed by atoms with van der Waals surface area (Å²) in [5.74, 6) is 3.45. The number of carboxylic acid groups (broad SMARTS) is 1. The molecule has 0 amide bonds. The van der Waals surface area contributed by atoms with E-state index >= 15 is 0 Å². The maximum absolute atomic E-state index is 11.3. The number of nitrogens with zero attached hydrogens (tertiary/aromatic N) is 1. The Morgan fingerprint density at radius 2 is 2.11 bits per heavy atom. The summed E-state index contributed by atoms with van der Waals surface area (Å²) in [6, 6.07) is 7.53. The van der Waals surface area contributed by atoms with E-state index in [1.165, 1.54) is 12.1 Å². The van der Waals surface area contributed by atoms with Gasteiger partial charge in [0, 0.05) is 16.9 Å². The fourth-order valence-electron chi connectivity index (χ4n) is 1.45. The van der Waals surface area contributed by atoms with Crippen molar-refractivity contribution in [1.82, 2.24) is 0 Å². The minimum atomic E-state index is -1.35. The lowest BCUT2D eigenvalue weighted by molar-refractivity contribution is 0.0692. The molecule has 0 saturated carbocycles. The normalized spacial score (nSPS) is 9.28. The van der Waals surface area contributed by atoms with Crippen LogP contribution in [0.5, 0.6) is 0 Å². The van der Waals surface area contributed by atoms with Gasteiger partial charge in [0.25, 0.3) is 0 Å². The summed E-state index contributed by atoms with van der Waals surface area (Å²) in [7, 11) is 0. The summed E-state index contributed by atoms with van der Waals surface area (Å²) in [5, 5.41) is 17.6. The van der Waals surface area contributed by atoms with Gasteiger partial charge in [-0.05, 0) is 24.3 Å². The molecule has 1 aromatic heterocycles. The fourth-order valence-corrected chi connectivity index (χ4v) is 1.45. The van der Waals surface area contributed by atoms with E-state index < -0.39 is 17.2 Å². The molecule has 86 valence electrons. The highest BCUT2D eigenvalue weighted by Gasteiger charge is 2.11. The third kappa shape index (κ3) is 2.06. The van der Waals surface area contributed by atoms with Gasteiger partial charge in [-0.15, -0.1) is 0 Å². The van der Waals surface area contributed by atoms with Crippen LogP contribution in [0.2, 0.25) is 0 Å². The average Bonchev–Trinajstić information content (AvgIpc) is 2.35. The highest BCUT2D eigenvalue weighted by molar-refractivity contribution is 5.91. The number of fused-ring (bicyclic) bond motifs is 1. The van der Waals surface area contributed by atoms with Gasteiger partial charge in [-0.2, -0.15) is 5.26 Å². The second kappa shape index (κ2) is 4.44. The molecular formula is C13H5NO4. The highest BCUT2D eigenvalue weighted by Crippen LogP contribution is 2.15. The number of benzene rings is 1. The van der Waals surface area contributed by atoms with Crippen LogP contribution in [0, 0.1) is 23.2 Å². The molecule has 0 aliphatic rings. The van der Waals surface area contributed by atoms with Crippen molar-refractivity contribution in [3.8, 4) is 17.9 Å². The van der Waals surface area contributed by atoms with Crippen LogP contribution >= 0.6 is 0 Å². The molecule has 1 aromatic carbocycles. The largest absolute Gasteiger partial charge is 0.477 e. The van der Waals surface area contributed by atoms with Crippen molar-refractivity contribution in [2.75, 3.05) is 0 Å². The van der Waals surface area contributed by atoms with Crippen LogP contribution in [-0.2, 0) is 0 Å². The van der Waals surface area contributed by atoms with Gasteiger partial charge in [0.2, 0.25) is 0 Å².